The van der Waals surface area contributed by atoms with Gasteiger partial charge in [-0.15, -0.1) is 11.3 Å². The van der Waals surface area contributed by atoms with Crippen LogP contribution in [0.15, 0.2) is 89.9 Å². The second-order valence-corrected chi connectivity index (χ2v) is 8.47. The Morgan fingerprint density at radius 1 is 0.906 bits per heavy atom. The molecule has 0 aliphatic heterocycles. The summed E-state index contributed by atoms with van der Waals surface area (Å²) >= 11 is 7.74. The number of carbonyl (C=O) groups excluding carboxylic acids is 1. The molecule has 0 aliphatic rings. The van der Waals surface area contributed by atoms with Crippen LogP contribution in [-0.2, 0) is 0 Å². The molecule has 3 nitrogen and oxygen atoms in total. The summed E-state index contributed by atoms with van der Waals surface area (Å²) < 4.78 is 20.7. The quantitative estimate of drug-likeness (QED) is 0.156. The van der Waals surface area contributed by atoms with Crippen molar-refractivity contribution in [2.75, 3.05) is 0 Å². The third kappa shape index (κ3) is 3.77. The van der Waals surface area contributed by atoms with Gasteiger partial charge >= 0.3 is 5.97 Å². The van der Waals surface area contributed by atoms with Gasteiger partial charge in [-0.1, -0.05) is 72.3 Å². The van der Waals surface area contributed by atoms with Crippen LogP contribution in [0.2, 0.25) is 5.02 Å². The third-order valence-electron chi connectivity index (χ3n) is 5.04. The van der Waals surface area contributed by atoms with E-state index in [-0.39, 0.29) is 5.69 Å². The van der Waals surface area contributed by atoms with E-state index in [4.69, 9.17) is 16.3 Å². The van der Waals surface area contributed by atoms with Crippen LogP contribution in [0.1, 0.15) is 15.2 Å². The Morgan fingerprint density at radius 2 is 1.62 bits per heavy atom. The van der Waals surface area contributed by atoms with Gasteiger partial charge < -0.3 is 4.74 Å². The minimum Gasteiger partial charge on any atom is -0.422 e. The first-order valence-electron chi connectivity index (χ1n) is 9.81. The van der Waals surface area contributed by atoms with E-state index >= 15 is 0 Å². The highest BCUT2D eigenvalue weighted by Crippen LogP contribution is 2.36. The lowest BCUT2D eigenvalue weighted by Crippen LogP contribution is -2.09. The number of para-hydroxylation sites is 1. The van der Waals surface area contributed by atoms with Gasteiger partial charge in [0.1, 0.15) is 16.4 Å². The highest BCUT2D eigenvalue weighted by atomic mass is 35.5. The molecule has 0 atom stereocenters. The van der Waals surface area contributed by atoms with Crippen molar-refractivity contribution in [2.45, 2.75) is 0 Å². The summed E-state index contributed by atoms with van der Waals surface area (Å²) in [5, 5.41) is 2.96. The van der Waals surface area contributed by atoms with Gasteiger partial charge in [0.05, 0.1) is 10.7 Å². The molecule has 1 aromatic heterocycles. The number of thiophene rings is 1. The summed E-state index contributed by atoms with van der Waals surface area (Å²) in [6, 6.07) is 25.0. The van der Waals surface area contributed by atoms with E-state index in [0.29, 0.717) is 21.2 Å². The van der Waals surface area contributed by atoms with Crippen LogP contribution in [0, 0.1) is 5.82 Å². The third-order valence-corrected chi connectivity index (χ3v) is 6.69. The SMILES string of the molecule is O=C(Oc1ccc2ccccc2c1C=Nc1ccccc1F)c1sc2ccccc2c1Cl. The molecule has 1 heterocycles. The number of fused-ring (bicyclic) bond motifs is 2. The first-order chi connectivity index (χ1) is 15.6. The van der Waals surface area contributed by atoms with Crippen LogP contribution in [-0.4, -0.2) is 12.2 Å². The van der Waals surface area contributed by atoms with Crippen molar-refractivity contribution in [3.05, 3.63) is 106 Å². The number of carbonyl (C=O) groups is 1. The largest absolute Gasteiger partial charge is 0.422 e. The van der Waals surface area contributed by atoms with Crippen molar-refractivity contribution in [3.8, 4) is 5.75 Å². The van der Waals surface area contributed by atoms with E-state index in [1.54, 1.807) is 24.3 Å². The Bertz CT molecular complexity index is 1510. The van der Waals surface area contributed by atoms with Gasteiger partial charge in [0, 0.05) is 21.9 Å². The number of benzene rings is 4. The summed E-state index contributed by atoms with van der Waals surface area (Å²) in [5.41, 5.74) is 0.780. The molecular formula is C26H15ClFNO2S. The molecule has 0 spiro atoms. The number of hydrogen-bond acceptors (Lipinski definition) is 4. The number of esters is 1. The average molecular weight is 460 g/mol. The average Bonchev–Trinajstić information content (AvgIpc) is 3.16. The van der Waals surface area contributed by atoms with Crippen molar-refractivity contribution in [2.24, 2.45) is 4.99 Å². The first kappa shape index (κ1) is 20.4. The van der Waals surface area contributed by atoms with Gasteiger partial charge in [0.25, 0.3) is 0 Å². The first-order valence-corrected chi connectivity index (χ1v) is 11.0. The maximum absolute atomic E-state index is 14.1. The Labute approximate surface area is 192 Å². The van der Waals surface area contributed by atoms with Gasteiger partial charge in [-0.05, 0) is 35.0 Å². The summed E-state index contributed by atoms with van der Waals surface area (Å²) in [5.74, 6) is -0.658. The van der Waals surface area contributed by atoms with E-state index in [2.05, 4.69) is 4.99 Å². The van der Waals surface area contributed by atoms with Crippen molar-refractivity contribution in [3.63, 3.8) is 0 Å². The van der Waals surface area contributed by atoms with E-state index in [9.17, 15) is 9.18 Å². The van der Waals surface area contributed by atoms with E-state index in [1.807, 2.05) is 54.6 Å². The topological polar surface area (TPSA) is 38.7 Å². The molecule has 6 heteroatoms. The lowest BCUT2D eigenvalue weighted by atomic mass is 10.0. The van der Waals surface area contributed by atoms with Crippen molar-refractivity contribution < 1.29 is 13.9 Å². The Balaban J connectivity index is 1.57. The fourth-order valence-corrected chi connectivity index (χ4v) is 4.86. The summed E-state index contributed by atoms with van der Waals surface area (Å²) in [7, 11) is 0. The highest BCUT2D eigenvalue weighted by Gasteiger charge is 2.20. The highest BCUT2D eigenvalue weighted by molar-refractivity contribution is 7.21. The van der Waals surface area contributed by atoms with E-state index < -0.39 is 11.8 Å². The van der Waals surface area contributed by atoms with E-state index in [1.165, 1.54) is 23.6 Å². The van der Waals surface area contributed by atoms with Crippen LogP contribution in [0.5, 0.6) is 5.75 Å². The zero-order valence-electron chi connectivity index (χ0n) is 16.6. The molecule has 0 bridgehead atoms. The molecule has 0 unspecified atom stereocenters. The zero-order valence-corrected chi connectivity index (χ0v) is 18.2. The predicted octanol–water partition coefficient (Wildman–Crippen LogP) is 7.82. The number of ether oxygens (including phenoxy) is 1. The normalized spacial score (nSPS) is 11.4. The Morgan fingerprint density at radius 3 is 2.44 bits per heavy atom. The molecular weight excluding hydrogens is 445 g/mol. The molecule has 156 valence electrons. The molecule has 0 amide bonds. The molecule has 0 saturated carbocycles. The maximum Gasteiger partial charge on any atom is 0.355 e. The van der Waals surface area contributed by atoms with Crippen LogP contribution in [0.3, 0.4) is 0 Å². The Hall–Kier alpha value is -3.54. The van der Waals surface area contributed by atoms with Gasteiger partial charge in [0.2, 0.25) is 0 Å². The lowest BCUT2D eigenvalue weighted by Gasteiger charge is -2.10. The number of aliphatic imine (C=N–C) groups is 1. The molecule has 4 aromatic carbocycles. The van der Waals surface area contributed by atoms with E-state index in [0.717, 1.165) is 20.9 Å². The monoisotopic (exact) mass is 459 g/mol. The molecule has 0 radical (unpaired) electrons. The fraction of sp³-hybridized carbons (Fsp3) is 0. The van der Waals surface area contributed by atoms with Crippen LogP contribution in [0.25, 0.3) is 20.9 Å². The predicted molar refractivity (Wildman–Crippen MR) is 129 cm³/mol. The summed E-state index contributed by atoms with van der Waals surface area (Å²) in [4.78, 5) is 17.7. The van der Waals surface area contributed by atoms with Crippen LogP contribution in [0.4, 0.5) is 10.1 Å². The minimum absolute atomic E-state index is 0.199. The van der Waals surface area contributed by atoms with Crippen molar-refractivity contribution >= 4 is 61.7 Å². The smallest absolute Gasteiger partial charge is 0.355 e. The number of nitrogens with zero attached hydrogens (tertiary/aromatic N) is 1. The Kier molecular flexibility index (Phi) is 5.43. The van der Waals surface area contributed by atoms with Crippen molar-refractivity contribution in [1.29, 1.82) is 0 Å². The summed E-state index contributed by atoms with van der Waals surface area (Å²) in [6.45, 7) is 0. The molecule has 5 rings (SSSR count). The number of rotatable bonds is 4. The standard InChI is InChI=1S/C26H15ClFNO2S/c27-24-18-9-3-6-12-23(18)32-25(24)26(30)31-22-14-13-16-7-1-2-8-17(16)19(22)15-29-21-11-5-4-10-20(21)28/h1-15H. The molecule has 32 heavy (non-hydrogen) atoms. The minimum atomic E-state index is -0.549. The van der Waals surface area contributed by atoms with Crippen molar-refractivity contribution in [1.82, 2.24) is 0 Å². The fourth-order valence-electron chi connectivity index (χ4n) is 3.48. The molecule has 0 fully saturated rings. The van der Waals surface area contributed by atoms with Crippen LogP contribution < -0.4 is 4.74 Å². The molecule has 5 aromatic rings. The molecule has 0 saturated heterocycles. The lowest BCUT2D eigenvalue weighted by molar-refractivity contribution is 0.0740. The zero-order chi connectivity index (χ0) is 22.1. The molecule has 0 N–H and O–H groups in total. The maximum atomic E-state index is 14.1. The molecule has 0 aliphatic carbocycles. The van der Waals surface area contributed by atoms with Gasteiger partial charge in [-0.2, -0.15) is 0 Å². The second-order valence-electron chi connectivity index (χ2n) is 7.04. The van der Waals surface area contributed by atoms with Gasteiger partial charge in [0.15, 0.2) is 0 Å². The van der Waals surface area contributed by atoms with Gasteiger partial charge in [-0.25, -0.2) is 9.18 Å². The van der Waals surface area contributed by atoms with Crippen LogP contribution >= 0.6 is 22.9 Å². The second kappa shape index (κ2) is 8.54. The number of halogens is 2. The summed E-state index contributed by atoms with van der Waals surface area (Å²) in [6.07, 6.45) is 1.52. The van der Waals surface area contributed by atoms with Gasteiger partial charge in [-0.3, -0.25) is 4.99 Å². The number of hydrogen-bond donors (Lipinski definition) is 0.